The van der Waals surface area contributed by atoms with E-state index in [0.717, 1.165) is 18.4 Å². The minimum absolute atomic E-state index is 0.0402. The van der Waals surface area contributed by atoms with Gasteiger partial charge in [0.1, 0.15) is 0 Å². The van der Waals surface area contributed by atoms with E-state index >= 15 is 0 Å². The number of carboxylic acids is 1. The fourth-order valence-electron chi connectivity index (χ4n) is 3.16. The highest BCUT2D eigenvalue weighted by Gasteiger charge is 2.22. The number of benzene rings is 2. The molecule has 0 aliphatic carbocycles. The van der Waals surface area contributed by atoms with Crippen LogP contribution in [0.1, 0.15) is 41.7 Å². The standard InChI is InChI=1S/C20H24N2O5S/c1-14(15-6-3-2-4-7-15)22-28(25,26)17-9-10-19(18(12-17)20(23)24)21-13-16-8-5-11-27-16/h2-4,6-7,9-10,12,14,16,21-22H,5,8,11,13H2,1H3,(H,23,24)/t14-,16-/m1/s1. The van der Waals surface area contributed by atoms with E-state index < -0.39 is 22.0 Å². The summed E-state index contributed by atoms with van der Waals surface area (Å²) >= 11 is 0. The van der Waals surface area contributed by atoms with Gasteiger partial charge in [-0.05, 0) is 43.5 Å². The van der Waals surface area contributed by atoms with Gasteiger partial charge < -0.3 is 15.2 Å². The monoisotopic (exact) mass is 404 g/mol. The van der Waals surface area contributed by atoms with Crippen molar-refractivity contribution < 1.29 is 23.1 Å². The largest absolute Gasteiger partial charge is 0.478 e. The van der Waals surface area contributed by atoms with Gasteiger partial charge in [-0.3, -0.25) is 0 Å². The zero-order valence-electron chi connectivity index (χ0n) is 15.6. The van der Waals surface area contributed by atoms with Gasteiger partial charge >= 0.3 is 5.97 Å². The Balaban J connectivity index is 1.78. The number of anilines is 1. The van der Waals surface area contributed by atoms with Gasteiger partial charge in [-0.2, -0.15) is 0 Å². The Bertz CT molecular complexity index is 925. The average Bonchev–Trinajstić information content (AvgIpc) is 3.20. The molecule has 3 N–H and O–H groups in total. The molecule has 2 aromatic carbocycles. The Labute approximate surface area is 164 Å². The summed E-state index contributed by atoms with van der Waals surface area (Å²) < 4.78 is 33.6. The van der Waals surface area contributed by atoms with Crippen molar-refractivity contribution in [1.82, 2.24) is 4.72 Å². The summed E-state index contributed by atoms with van der Waals surface area (Å²) in [6, 6.07) is 12.8. The molecule has 1 saturated heterocycles. The van der Waals surface area contributed by atoms with Crippen molar-refractivity contribution in [2.45, 2.75) is 36.8 Å². The van der Waals surface area contributed by atoms with E-state index in [2.05, 4.69) is 10.0 Å². The molecule has 0 bridgehead atoms. The van der Waals surface area contributed by atoms with E-state index in [4.69, 9.17) is 4.74 Å². The SMILES string of the molecule is C[C@@H](NS(=O)(=O)c1ccc(NC[C@H]2CCCO2)c(C(=O)O)c1)c1ccccc1. The molecule has 1 aliphatic heterocycles. The fourth-order valence-corrected chi connectivity index (χ4v) is 4.42. The van der Waals surface area contributed by atoms with Crippen LogP contribution in [0.2, 0.25) is 0 Å². The molecule has 0 amide bonds. The van der Waals surface area contributed by atoms with Crippen LogP contribution in [0.15, 0.2) is 53.4 Å². The van der Waals surface area contributed by atoms with Crippen molar-refractivity contribution in [2.75, 3.05) is 18.5 Å². The molecule has 0 unspecified atom stereocenters. The Morgan fingerprint density at radius 3 is 2.64 bits per heavy atom. The second-order valence-electron chi connectivity index (χ2n) is 6.78. The Kier molecular flexibility index (Phi) is 6.33. The quantitative estimate of drug-likeness (QED) is 0.625. The predicted molar refractivity (Wildman–Crippen MR) is 106 cm³/mol. The van der Waals surface area contributed by atoms with Gasteiger partial charge in [0, 0.05) is 24.9 Å². The van der Waals surface area contributed by atoms with E-state index in [9.17, 15) is 18.3 Å². The molecule has 1 fully saturated rings. The first-order chi connectivity index (χ1) is 13.4. The van der Waals surface area contributed by atoms with Crippen LogP contribution in [0.3, 0.4) is 0 Å². The molecule has 0 spiro atoms. The second-order valence-corrected chi connectivity index (χ2v) is 8.50. The normalized spacial score (nSPS) is 18.0. The molecule has 2 aromatic rings. The lowest BCUT2D eigenvalue weighted by Crippen LogP contribution is -2.27. The van der Waals surface area contributed by atoms with Gasteiger partial charge in [0.25, 0.3) is 0 Å². The minimum atomic E-state index is -3.88. The molecule has 0 saturated carbocycles. The summed E-state index contributed by atoms with van der Waals surface area (Å²) in [5.41, 5.74) is 1.10. The number of hydrogen-bond acceptors (Lipinski definition) is 5. The van der Waals surface area contributed by atoms with E-state index in [-0.39, 0.29) is 16.6 Å². The van der Waals surface area contributed by atoms with Crippen LogP contribution in [0.4, 0.5) is 5.69 Å². The first kappa shape index (κ1) is 20.3. The number of aromatic carboxylic acids is 1. The average molecular weight is 404 g/mol. The maximum absolute atomic E-state index is 12.7. The molecule has 7 nitrogen and oxygen atoms in total. The van der Waals surface area contributed by atoms with Crippen LogP contribution in [0, 0.1) is 0 Å². The summed E-state index contributed by atoms with van der Waals surface area (Å²) in [7, 11) is -3.88. The number of sulfonamides is 1. The van der Waals surface area contributed by atoms with E-state index in [0.29, 0.717) is 18.8 Å². The third kappa shape index (κ3) is 4.89. The van der Waals surface area contributed by atoms with Crippen LogP contribution >= 0.6 is 0 Å². The van der Waals surface area contributed by atoms with Gasteiger partial charge in [0.05, 0.1) is 16.6 Å². The second kappa shape index (κ2) is 8.72. The Morgan fingerprint density at radius 1 is 1.25 bits per heavy atom. The smallest absolute Gasteiger partial charge is 0.337 e. The van der Waals surface area contributed by atoms with Gasteiger partial charge in [-0.1, -0.05) is 30.3 Å². The maximum Gasteiger partial charge on any atom is 0.337 e. The van der Waals surface area contributed by atoms with E-state index in [1.54, 1.807) is 6.92 Å². The van der Waals surface area contributed by atoms with Gasteiger partial charge in [0.2, 0.25) is 10.0 Å². The number of rotatable bonds is 8. The van der Waals surface area contributed by atoms with Gasteiger partial charge in [0.15, 0.2) is 0 Å². The number of carboxylic acid groups (broad SMARTS) is 1. The van der Waals surface area contributed by atoms with Crippen LogP contribution in [-0.4, -0.2) is 38.7 Å². The minimum Gasteiger partial charge on any atom is -0.478 e. The molecule has 3 rings (SSSR count). The van der Waals surface area contributed by atoms with Gasteiger partial charge in [-0.15, -0.1) is 0 Å². The molecule has 0 aromatic heterocycles. The third-order valence-corrected chi connectivity index (χ3v) is 6.25. The zero-order chi connectivity index (χ0) is 20.1. The topological polar surface area (TPSA) is 105 Å². The third-order valence-electron chi connectivity index (χ3n) is 4.71. The van der Waals surface area contributed by atoms with Crippen molar-refractivity contribution >= 4 is 21.7 Å². The van der Waals surface area contributed by atoms with Crippen LogP contribution in [-0.2, 0) is 14.8 Å². The number of carbonyl (C=O) groups is 1. The molecule has 150 valence electrons. The highest BCUT2D eigenvalue weighted by Crippen LogP contribution is 2.23. The van der Waals surface area contributed by atoms with Crippen LogP contribution in [0.25, 0.3) is 0 Å². The van der Waals surface area contributed by atoms with Crippen molar-refractivity contribution in [3.05, 3.63) is 59.7 Å². The summed E-state index contributed by atoms with van der Waals surface area (Å²) in [4.78, 5) is 11.6. The summed E-state index contributed by atoms with van der Waals surface area (Å²) in [6.07, 6.45) is 1.95. The fraction of sp³-hybridized carbons (Fsp3) is 0.350. The highest BCUT2D eigenvalue weighted by molar-refractivity contribution is 7.89. The number of nitrogens with one attached hydrogen (secondary N) is 2. The van der Waals surface area contributed by atoms with Crippen molar-refractivity contribution in [2.24, 2.45) is 0 Å². The lowest BCUT2D eigenvalue weighted by atomic mass is 10.1. The lowest BCUT2D eigenvalue weighted by Gasteiger charge is -2.17. The molecule has 28 heavy (non-hydrogen) atoms. The molecule has 0 radical (unpaired) electrons. The highest BCUT2D eigenvalue weighted by atomic mass is 32.2. The molecule has 2 atom stereocenters. The molecule has 1 aliphatic rings. The maximum atomic E-state index is 12.7. The van der Waals surface area contributed by atoms with Crippen molar-refractivity contribution in [3.63, 3.8) is 0 Å². The van der Waals surface area contributed by atoms with Crippen LogP contribution < -0.4 is 10.0 Å². The Hall–Kier alpha value is -2.42. The molecule has 8 heteroatoms. The lowest BCUT2D eigenvalue weighted by molar-refractivity contribution is 0.0697. The predicted octanol–water partition coefficient (Wildman–Crippen LogP) is 3.02. The first-order valence-electron chi connectivity index (χ1n) is 9.17. The summed E-state index contributed by atoms with van der Waals surface area (Å²) in [5.74, 6) is -1.19. The van der Waals surface area contributed by atoms with Gasteiger partial charge in [-0.25, -0.2) is 17.9 Å². The van der Waals surface area contributed by atoms with E-state index in [1.165, 1.54) is 18.2 Å². The zero-order valence-corrected chi connectivity index (χ0v) is 16.4. The summed E-state index contributed by atoms with van der Waals surface area (Å²) in [6.45, 7) is 2.93. The first-order valence-corrected chi connectivity index (χ1v) is 10.7. The summed E-state index contributed by atoms with van der Waals surface area (Å²) in [5, 5.41) is 12.6. The van der Waals surface area contributed by atoms with E-state index in [1.807, 2.05) is 30.3 Å². The van der Waals surface area contributed by atoms with Crippen LogP contribution in [0.5, 0.6) is 0 Å². The molecule has 1 heterocycles. The Morgan fingerprint density at radius 2 is 2.00 bits per heavy atom. The molecular weight excluding hydrogens is 380 g/mol. The number of ether oxygens (including phenoxy) is 1. The van der Waals surface area contributed by atoms with Crippen molar-refractivity contribution in [3.8, 4) is 0 Å². The molecular formula is C20H24N2O5S. The van der Waals surface area contributed by atoms with Crippen molar-refractivity contribution in [1.29, 1.82) is 0 Å². The number of hydrogen-bond donors (Lipinski definition) is 3.